The van der Waals surface area contributed by atoms with E-state index < -0.39 is 0 Å². The third-order valence-corrected chi connectivity index (χ3v) is 5.28. The maximum atomic E-state index is 8.78. The van der Waals surface area contributed by atoms with Crippen molar-refractivity contribution in [3.63, 3.8) is 0 Å². The Morgan fingerprint density at radius 1 is 0.897 bits per heavy atom. The summed E-state index contributed by atoms with van der Waals surface area (Å²) in [5, 5.41) is 17.2. The van der Waals surface area contributed by atoms with E-state index in [0.29, 0.717) is 12.4 Å². The van der Waals surface area contributed by atoms with E-state index in [1.165, 1.54) is 0 Å². The van der Waals surface area contributed by atoms with E-state index in [-0.39, 0.29) is 18.8 Å². The molecule has 0 aliphatic carbocycles. The molecule has 4 rings (SSSR count). The van der Waals surface area contributed by atoms with Crippen LogP contribution in [0.5, 0.6) is 11.5 Å². The molecule has 2 aromatic rings. The van der Waals surface area contributed by atoms with E-state index in [1.807, 2.05) is 30.3 Å². The number of hydrogen-bond donors (Lipinski definition) is 2. The summed E-state index contributed by atoms with van der Waals surface area (Å²) in [7, 11) is 0. The van der Waals surface area contributed by atoms with Gasteiger partial charge in [0.15, 0.2) is 0 Å². The van der Waals surface area contributed by atoms with E-state index in [9.17, 15) is 0 Å². The molecule has 0 spiro atoms. The topological polar surface area (TPSA) is 68.2 Å². The van der Waals surface area contributed by atoms with Crippen molar-refractivity contribution < 1.29 is 24.4 Å². The van der Waals surface area contributed by atoms with Crippen molar-refractivity contribution in [1.82, 2.24) is 0 Å². The molecule has 29 heavy (non-hydrogen) atoms. The number of aliphatic hydroxyl groups is 1. The summed E-state index contributed by atoms with van der Waals surface area (Å²) in [5.41, 5.74) is 0. The Morgan fingerprint density at radius 2 is 1.52 bits per heavy atom. The molecule has 2 N–H and O–H groups in total. The van der Waals surface area contributed by atoms with Gasteiger partial charge in [-0.2, -0.15) is 0 Å². The number of phenolic OH excluding ortho intramolecular Hbond substituents is 1. The van der Waals surface area contributed by atoms with Gasteiger partial charge in [0.25, 0.3) is 0 Å². The minimum Gasteiger partial charge on any atom is -0.508 e. The fourth-order valence-corrected chi connectivity index (χ4v) is 3.55. The molecule has 2 saturated heterocycles. The number of rotatable bonds is 4. The smallest absolute Gasteiger partial charge is 0.120 e. The van der Waals surface area contributed by atoms with Crippen LogP contribution >= 0.6 is 31.9 Å². The van der Waals surface area contributed by atoms with Crippen molar-refractivity contribution in [2.75, 3.05) is 26.4 Å². The molecular weight excluding hydrogens is 504 g/mol. The van der Waals surface area contributed by atoms with Crippen molar-refractivity contribution in [2.24, 2.45) is 0 Å². The predicted octanol–water partition coefficient (Wildman–Crippen LogP) is 5.32. The first kappa shape index (κ1) is 24.2. The largest absolute Gasteiger partial charge is 0.508 e. The zero-order valence-electron chi connectivity index (χ0n) is 16.3. The highest BCUT2D eigenvalue weighted by Gasteiger charge is 2.15. The van der Waals surface area contributed by atoms with E-state index in [0.717, 1.165) is 53.6 Å². The van der Waals surface area contributed by atoms with Crippen LogP contribution < -0.4 is 4.74 Å². The molecule has 0 radical (unpaired) electrons. The lowest BCUT2D eigenvalue weighted by Gasteiger charge is -2.11. The molecule has 7 heteroatoms. The molecule has 0 saturated carbocycles. The second-order valence-corrected chi connectivity index (χ2v) is 8.53. The molecule has 2 aliphatic heterocycles. The summed E-state index contributed by atoms with van der Waals surface area (Å²) in [4.78, 5) is 0. The molecule has 0 bridgehead atoms. The lowest BCUT2D eigenvalue weighted by molar-refractivity contribution is 0.0591. The normalized spacial score (nSPS) is 20.2. The Morgan fingerprint density at radius 3 is 1.97 bits per heavy atom. The quantitative estimate of drug-likeness (QED) is 0.559. The number of phenols is 1. The second-order valence-electron chi connectivity index (χ2n) is 6.70. The summed E-state index contributed by atoms with van der Waals surface area (Å²) in [5.74, 6) is 1.19. The molecule has 0 aromatic heterocycles. The zero-order valence-corrected chi connectivity index (χ0v) is 19.5. The van der Waals surface area contributed by atoms with E-state index >= 15 is 0 Å². The molecule has 0 unspecified atom stereocenters. The van der Waals surface area contributed by atoms with Crippen LogP contribution in [0.25, 0.3) is 0 Å². The van der Waals surface area contributed by atoms with Gasteiger partial charge in [-0.15, -0.1) is 0 Å². The molecule has 160 valence electrons. The SMILES string of the molecule is Brc1cccc(OC[C@H]2CCCO2)c1.OC[C@H]1CCCO1.Oc1cccc(Br)c1. The molecule has 2 aromatic carbocycles. The third-order valence-electron chi connectivity index (χ3n) is 4.29. The van der Waals surface area contributed by atoms with Crippen LogP contribution in [0.1, 0.15) is 25.7 Å². The Kier molecular flexibility index (Phi) is 11.6. The van der Waals surface area contributed by atoms with Crippen LogP contribution in [-0.4, -0.2) is 48.8 Å². The lowest BCUT2D eigenvalue weighted by Crippen LogP contribution is -2.16. The number of aliphatic hydroxyl groups excluding tert-OH is 1. The van der Waals surface area contributed by atoms with Crippen LogP contribution in [0.15, 0.2) is 57.5 Å². The standard InChI is InChI=1S/C11H13BrO2.C6H5BrO.C5H10O2/c12-9-3-1-4-10(7-9)14-8-11-5-2-6-13-11;7-5-2-1-3-6(8)4-5;6-4-5-2-1-3-7-5/h1,3-4,7,11H,2,5-6,8H2;1-4,8H;5-6H,1-4H2/t11-;;5-/m1.1/s1. The minimum absolute atomic E-state index is 0.153. The Labute approximate surface area is 189 Å². The van der Waals surface area contributed by atoms with Crippen LogP contribution in [0, 0.1) is 0 Å². The predicted molar refractivity (Wildman–Crippen MR) is 120 cm³/mol. The van der Waals surface area contributed by atoms with Gasteiger partial charge in [0.1, 0.15) is 18.1 Å². The highest BCUT2D eigenvalue weighted by molar-refractivity contribution is 9.10. The summed E-state index contributed by atoms with van der Waals surface area (Å²) in [6.45, 7) is 2.58. The first-order valence-electron chi connectivity index (χ1n) is 9.74. The van der Waals surface area contributed by atoms with Gasteiger partial charge in [0.2, 0.25) is 0 Å². The first-order valence-corrected chi connectivity index (χ1v) is 11.3. The average molecular weight is 532 g/mol. The second kappa shape index (κ2) is 14.0. The van der Waals surface area contributed by atoms with Crippen molar-refractivity contribution >= 4 is 31.9 Å². The maximum Gasteiger partial charge on any atom is 0.120 e. The van der Waals surface area contributed by atoms with Crippen molar-refractivity contribution in [1.29, 1.82) is 0 Å². The minimum atomic E-state index is 0.153. The van der Waals surface area contributed by atoms with Gasteiger partial charge in [0, 0.05) is 22.2 Å². The first-order chi connectivity index (χ1) is 14.1. The number of hydrogen-bond acceptors (Lipinski definition) is 5. The highest BCUT2D eigenvalue weighted by atomic mass is 79.9. The van der Waals surface area contributed by atoms with Crippen molar-refractivity contribution in [2.45, 2.75) is 37.9 Å². The van der Waals surface area contributed by atoms with Gasteiger partial charge >= 0.3 is 0 Å². The molecule has 0 amide bonds. The summed E-state index contributed by atoms with van der Waals surface area (Å²) < 4.78 is 18.1. The van der Waals surface area contributed by atoms with Gasteiger partial charge in [-0.3, -0.25) is 0 Å². The van der Waals surface area contributed by atoms with E-state index in [2.05, 4.69) is 31.9 Å². The average Bonchev–Trinajstić information content (AvgIpc) is 3.41. The van der Waals surface area contributed by atoms with Crippen LogP contribution in [0.2, 0.25) is 0 Å². The maximum absolute atomic E-state index is 8.78. The van der Waals surface area contributed by atoms with Crippen molar-refractivity contribution in [3.05, 3.63) is 57.5 Å². The molecule has 2 aliphatic rings. The van der Waals surface area contributed by atoms with E-state index in [1.54, 1.807) is 18.2 Å². The summed E-state index contributed by atoms with van der Waals surface area (Å²) in [6, 6.07) is 14.8. The third kappa shape index (κ3) is 10.5. The molecule has 2 fully saturated rings. The number of aromatic hydroxyl groups is 1. The monoisotopic (exact) mass is 530 g/mol. The number of halogens is 2. The number of ether oxygens (including phenoxy) is 3. The summed E-state index contributed by atoms with van der Waals surface area (Å²) >= 11 is 6.61. The van der Waals surface area contributed by atoms with E-state index in [4.69, 9.17) is 24.4 Å². The van der Waals surface area contributed by atoms with Gasteiger partial charge in [-0.1, -0.05) is 44.0 Å². The Bertz CT molecular complexity index is 684. The molecule has 2 heterocycles. The van der Waals surface area contributed by atoms with Crippen molar-refractivity contribution in [3.8, 4) is 11.5 Å². The zero-order chi connectivity index (χ0) is 20.9. The fraction of sp³-hybridized carbons (Fsp3) is 0.455. The Balaban J connectivity index is 0.000000170. The van der Waals surface area contributed by atoms with Crippen LogP contribution in [0.4, 0.5) is 0 Å². The van der Waals surface area contributed by atoms with Crippen LogP contribution in [-0.2, 0) is 9.47 Å². The van der Waals surface area contributed by atoms with Gasteiger partial charge < -0.3 is 24.4 Å². The Hall–Kier alpha value is -1.12. The lowest BCUT2D eigenvalue weighted by atomic mass is 10.2. The molecule has 5 nitrogen and oxygen atoms in total. The van der Waals surface area contributed by atoms with Gasteiger partial charge in [-0.05, 0) is 62.1 Å². The highest BCUT2D eigenvalue weighted by Crippen LogP contribution is 2.19. The van der Waals surface area contributed by atoms with Crippen LogP contribution in [0.3, 0.4) is 0 Å². The van der Waals surface area contributed by atoms with Gasteiger partial charge in [0.05, 0.1) is 18.8 Å². The number of benzene rings is 2. The molecule has 2 atom stereocenters. The van der Waals surface area contributed by atoms with Gasteiger partial charge in [-0.25, -0.2) is 0 Å². The molecular formula is C22H28Br2O5. The summed E-state index contributed by atoms with van der Waals surface area (Å²) in [6.07, 6.45) is 4.87. The fourth-order valence-electron chi connectivity index (χ4n) is 2.79.